The van der Waals surface area contributed by atoms with Crippen molar-refractivity contribution in [1.82, 2.24) is 10.2 Å². The molecule has 0 aromatic rings. The monoisotopic (exact) mass is 283 g/mol. The molecule has 0 bridgehead atoms. The van der Waals surface area contributed by atoms with Gasteiger partial charge in [-0.05, 0) is 12.8 Å². The highest BCUT2D eigenvalue weighted by atomic mass is 16.5. The highest BCUT2D eigenvalue weighted by Gasteiger charge is 2.50. The van der Waals surface area contributed by atoms with E-state index in [1.165, 1.54) is 11.3 Å². The lowest BCUT2D eigenvalue weighted by molar-refractivity contribution is -0.132. The van der Waals surface area contributed by atoms with E-state index in [1.807, 2.05) is 0 Å². The summed E-state index contributed by atoms with van der Waals surface area (Å²) in [6.45, 7) is 1.57. The summed E-state index contributed by atoms with van der Waals surface area (Å²) < 4.78 is 5.26. The fourth-order valence-electron chi connectivity index (χ4n) is 3.07. The second-order valence-electron chi connectivity index (χ2n) is 5.64. The Labute approximate surface area is 120 Å². The maximum atomic E-state index is 12.6. The third-order valence-corrected chi connectivity index (χ3v) is 4.17. The molecule has 2 fully saturated rings. The number of hydrogen-bond donors (Lipinski definition) is 2. The average molecular weight is 283 g/mol. The maximum absolute atomic E-state index is 12.6. The first kappa shape index (κ1) is 15.3. The number of hydrogen-bond acceptors (Lipinski definition) is 4. The van der Waals surface area contributed by atoms with Crippen molar-refractivity contribution in [2.75, 3.05) is 26.3 Å². The Hall–Kier alpha value is -1.14. The van der Waals surface area contributed by atoms with E-state index in [9.17, 15) is 9.59 Å². The zero-order valence-corrected chi connectivity index (χ0v) is 12.0. The third-order valence-electron chi connectivity index (χ3n) is 4.17. The molecule has 0 aromatic heterocycles. The van der Waals surface area contributed by atoms with Crippen LogP contribution in [0.2, 0.25) is 0 Å². The molecule has 1 saturated carbocycles. The van der Waals surface area contributed by atoms with Crippen LogP contribution in [0.5, 0.6) is 0 Å². The van der Waals surface area contributed by atoms with Gasteiger partial charge in [0, 0.05) is 6.54 Å². The van der Waals surface area contributed by atoms with Gasteiger partial charge in [-0.2, -0.15) is 0 Å². The SMILES string of the molecule is NCCOCCN1C(=O)NC2(CCCCCCC2)C1=O. The highest BCUT2D eigenvalue weighted by Crippen LogP contribution is 2.31. The number of ether oxygens (including phenoxy) is 1. The molecule has 20 heavy (non-hydrogen) atoms. The third kappa shape index (κ3) is 3.30. The number of nitrogens with zero attached hydrogens (tertiary/aromatic N) is 1. The number of carbonyl (C=O) groups excluding carboxylic acids is 2. The van der Waals surface area contributed by atoms with Gasteiger partial charge in [0.05, 0.1) is 19.8 Å². The Morgan fingerprint density at radius 2 is 1.75 bits per heavy atom. The fourth-order valence-corrected chi connectivity index (χ4v) is 3.07. The van der Waals surface area contributed by atoms with Crippen LogP contribution in [0.25, 0.3) is 0 Å². The highest BCUT2D eigenvalue weighted by molar-refractivity contribution is 6.07. The molecule has 1 saturated heterocycles. The van der Waals surface area contributed by atoms with Crippen molar-refractivity contribution in [3.8, 4) is 0 Å². The van der Waals surface area contributed by atoms with E-state index in [0.717, 1.165) is 38.5 Å². The molecule has 1 heterocycles. The minimum atomic E-state index is -0.647. The second-order valence-corrected chi connectivity index (χ2v) is 5.64. The molecule has 2 aliphatic rings. The van der Waals surface area contributed by atoms with Gasteiger partial charge < -0.3 is 15.8 Å². The minimum absolute atomic E-state index is 0.0688. The van der Waals surface area contributed by atoms with Crippen molar-refractivity contribution in [2.24, 2.45) is 5.73 Å². The topological polar surface area (TPSA) is 84.7 Å². The molecule has 0 unspecified atom stereocenters. The number of nitrogens with two attached hydrogens (primary N) is 1. The van der Waals surface area contributed by atoms with E-state index < -0.39 is 5.54 Å². The quantitative estimate of drug-likeness (QED) is 0.582. The van der Waals surface area contributed by atoms with Crippen molar-refractivity contribution in [1.29, 1.82) is 0 Å². The molecule has 6 nitrogen and oxygen atoms in total. The number of nitrogens with one attached hydrogen (secondary N) is 1. The van der Waals surface area contributed by atoms with Crippen molar-refractivity contribution in [3.63, 3.8) is 0 Å². The van der Waals surface area contributed by atoms with Crippen LogP contribution < -0.4 is 11.1 Å². The summed E-state index contributed by atoms with van der Waals surface area (Å²) in [6, 6.07) is -0.271. The lowest BCUT2D eigenvalue weighted by atomic mass is 9.84. The summed E-state index contributed by atoms with van der Waals surface area (Å²) in [7, 11) is 0. The molecule has 3 N–H and O–H groups in total. The zero-order valence-electron chi connectivity index (χ0n) is 12.0. The molecular formula is C14H25N3O3. The normalized spacial score (nSPS) is 22.8. The Bertz CT molecular complexity index is 352. The summed E-state index contributed by atoms with van der Waals surface area (Å²) in [5, 5.41) is 2.93. The van der Waals surface area contributed by atoms with E-state index >= 15 is 0 Å². The second kappa shape index (κ2) is 7.04. The molecule has 1 spiro atoms. The number of imide groups is 1. The van der Waals surface area contributed by atoms with Gasteiger partial charge in [0.25, 0.3) is 5.91 Å². The Morgan fingerprint density at radius 3 is 2.40 bits per heavy atom. The summed E-state index contributed by atoms with van der Waals surface area (Å²) in [6.07, 6.45) is 7.05. The van der Waals surface area contributed by atoms with E-state index in [0.29, 0.717) is 26.3 Å². The molecular weight excluding hydrogens is 258 g/mol. The molecule has 1 aliphatic heterocycles. The van der Waals surface area contributed by atoms with Crippen molar-refractivity contribution in [2.45, 2.75) is 50.5 Å². The smallest absolute Gasteiger partial charge is 0.325 e. The summed E-state index contributed by atoms with van der Waals surface area (Å²) >= 11 is 0. The first-order valence-electron chi connectivity index (χ1n) is 7.61. The van der Waals surface area contributed by atoms with Crippen LogP contribution in [-0.4, -0.2) is 48.7 Å². The van der Waals surface area contributed by atoms with Gasteiger partial charge in [-0.15, -0.1) is 0 Å². The van der Waals surface area contributed by atoms with Crippen molar-refractivity contribution < 1.29 is 14.3 Å². The van der Waals surface area contributed by atoms with Gasteiger partial charge in [-0.3, -0.25) is 9.69 Å². The van der Waals surface area contributed by atoms with Crippen LogP contribution in [0, 0.1) is 0 Å². The Balaban J connectivity index is 1.95. The molecule has 3 amide bonds. The van der Waals surface area contributed by atoms with Crippen molar-refractivity contribution >= 4 is 11.9 Å². The first-order valence-corrected chi connectivity index (χ1v) is 7.61. The largest absolute Gasteiger partial charge is 0.378 e. The maximum Gasteiger partial charge on any atom is 0.325 e. The van der Waals surface area contributed by atoms with Crippen LogP contribution >= 0.6 is 0 Å². The van der Waals surface area contributed by atoms with Crippen LogP contribution in [0.3, 0.4) is 0 Å². The molecule has 114 valence electrons. The lowest BCUT2D eigenvalue weighted by Gasteiger charge is -2.28. The van der Waals surface area contributed by atoms with Crippen LogP contribution in [-0.2, 0) is 9.53 Å². The van der Waals surface area contributed by atoms with E-state index in [-0.39, 0.29) is 11.9 Å². The van der Waals surface area contributed by atoms with E-state index in [2.05, 4.69) is 5.32 Å². The molecule has 0 radical (unpaired) electrons. The molecule has 1 aliphatic carbocycles. The first-order chi connectivity index (χ1) is 9.69. The van der Waals surface area contributed by atoms with Crippen LogP contribution in [0.15, 0.2) is 0 Å². The predicted molar refractivity (Wildman–Crippen MR) is 75.2 cm³/mol. The van der Waals surface area contributed by atoms with Crippen LogP contribution in [0.4, 0.5) is 4.79 Å². The number of carbonyl (C=O) groups is 2. The fraction of sp³-hybridized carbons (Fsp3) is 0.857. The molecule has 0 atom stereocenters. The van der Waals surface area contributed by atoms with Gasteiger partial charge in [0.2, 0.25) is 0 Å². The molecule has 6 heteroatoms. The van der Waals surface area contributed by atoms with Crippen LogP contribution in [0.1, 0.15) is 44.9 Å². The average Bonchev–Trinajstić information content (AvgIpc) is 2.63. The number of urea groups is 1. The summed E-state index contributed by atoms with van der Waals surface area (Å²) in [5.41, 5.74) is 4.69. The van der Waals surface area contributed by atoms with Gasteiger partial charge in [-0.1, -0.05) is 32.1 Å². The molecule has 0 aromatic carbocycles. The summed E-state index contributed by atoms with van der Waals surface area (Å²) in [4.78, 5) is 25.9. The molecule has 2 rings (SSSR count). The van der Waals surface area contributed by atoms with E-state index in [1.54, 1.807) is 0 Å². The van der Waals surface area contributed by atoms with Gasteiger partial charge in [0.1, 0.15) is 5.54 Å². The Morgan fingerprint density at radius 1 is 1.10 bits per heavy atom. The van der Waals surface area contributed by atoms with E-state index in [4.69, 9.17) is 10.5 Å². The van der Waals surface area contributed by atoms with Crippen molar-refractivity contribution in [3.05, 3.63) is 0 Å². The zero-order chi connectivity index (χ0) is 14.4. The minimum Gasteiger partial charge on any atom is -0.378 e. The van der Waals surface area contributed by atoms with Gasteiger partial charge in [-0.25, -0.2) is 4.79 Å². The number of amides is 3. The predicted octanol–water partition coefficient (Wildman–Crippen LogP) is 0.997. The van der Waals surface area contributed by atoms with Gasteiger partial charge >= 0.3 is 6.03 Å². The Kier molecular flexibility index (Phi) is 5.37. The van der Waals surface area contributed by atoms with Gasteiger partial charge in [0.15, 0.2) is 0 Å². The number of rotatable bonds is 5. The standard InChI is InChI=1S/C14H25N3O3/c15-8-10-20-11-9-17-12(18)14(16-13(17)19)6-4-2-1-3-5-7-14/h1-11,15H2,(H,16,19). The summed E-state index contributed by atoms with van der Waals surface area (Å²) in [5.74, 6) is -0.0688. The lowest BCUT2D eigenvalue weighted by Crippen LogP contribution is -2.47.